The van der Waals surface area contributed by atoms with E-state index in [0.29, 0.717) is 24.3 Å². The molecule has 0 aliphatic rings. The molecular weight excluding hydrogens is 341 g/mol. The Morgan fingerprint density at radius 3 is 2.41 bits per heavy atom. The van der Waals surface area contributed by atoms with Crippen molar-refractivity contribution in [1.82, 2.24) is 4.98 Å². The molecule has 0 unspecified atom stereocenters. The summed E-state index contributed by atoms with van der Waals surface area (Å²) in [6.07, 6.45) is 4.22. The van der Waals surface area contributed by atoms with Gasteiger partial charge in [-0.1, -0.05) is 48.5 Å². The maximum atomic E-state index is 13.8. The van der Waals surface area contributed by atoms with Gasteiger partial charge in [0, 0.05) is 30.7 Å². The predicted molar refractivity (Wildman–Crippen MR) is 104 cm³/mol. The Hall–Kier alpha value is -3.01. The molecule has 0 amide bonds. The zero-order chi connectivity index (χ0) is 19.1. The van der Waals surface area contributed by atoms with E-state index in [1.54, 1.807) is 31.5 Å². The molecule has 0 spiro atoms. The van der Waals surface area contributed by atoms with Gasteiger partial charge in [-0.15, -0.1) is 0 Å². The number of hydrogen-bond acceptors (Lipinski definition) is 3. The van der Waals surface area contributed by atoms with Crippen molar-refractivity contribution in [3.05, 3.63) is 83.8 Å². The zero-order valence-corrected chi connectivity index (χ0v) is 15.3. The van der Waals surface area contributed by atoms with Crippen molar-refractivity contribution < 1.29 is 13.9 Å². The number of rotatable bonds is 8. The summed E-state index contributed by atoms with van der Waals surface area (Å²) >= 11 is 0. The number of pyridine rings is 1. The third kappa shape index (κ3) is 5.23. The Balaban J connectivity index is 1.48. The van der Waals surface area contributed by atoms with E-state index in [9.17, 15) is 9.18 Å². The molecule has 0 aliphatic heterocycles. The van der Waals surface area contributed by atoms with E-state index >= 15 is 0 Å². The minimum absolute atomic E-state index is 0.199. The predicted octanol–water partition coefficient (Wildman–Crippen LogP) is 5.03. The maximum Gasteiger partial charge on any atom is 0.212 e. The topological polar surface area (TPSA) is 39.2 Å². The lowest BCUT2D eigenvalue weighted by Gasteiger charge is -2.06. The van der Waals surface area contributed by atoms with Gasteiger partial charge in [-0.05, 0) is 35.6 Å². The first-order valence-corrected chi connectivity index (χ1v) is 9.00. The first-order chi connectivity index (χ1) is 13.2. The van der Waals surface area contributed by atoms with Gasteiger partial charge < -0.3 is 4.74 Å². The van der Waals surface area contributed by atoms with Crippen molar-refractivity contribution in [2.75, 3.05) is 7.11 Å². The molecule has 3 aromatic rings. The van der Waals surface area contributed by atoms with Gasteiger partial charge in [-0.3, -0.25) is 4.79 Å². The molecule has 4 heteroatoms. The molecule has 27 heavy (non-hydrogen) atoms. The van der Waals surface area contributed by atoms with Crippen molar-refractivity contribution in [2.24, 2.45) is 0 Å². The number of aryl methyl sites for hydroxylation is 1. The van der Waals surface area contributed by atoms with Crippen LogP contribution in [0.25, 0.3) is 11.1 Å². The Kier molecular flexibility index (Phi) is 6.31. The summed E-state index contributed by atoms with van der Waals surface area (Å²) in [5, 5.41) is 0. The van der Waals surface area contributed by atoms with Crippen LogP contribution in [-0.4, -0.2) is 17.9 Å². The summed E-state index contributed by atoms with van der Waals surface area (Å²) in [4.78, 5) is 16.2. The van der Waals surface area contributed by atoms with Crippen LogP contribution in [0.1, 0.15) is 24.0 Å². The smallest absolute Gasteiger partial charge is 0.212 e. The van der Waals surface area contributed by atoms with Gasteiger partial charge in [0.1, 0.15) is 11.6 Å². The molecule has 0 saturated carbocycles. The number of hydrogen-bond donors (Lipinski definition) is 0. The van der Waals surface area contributed by atoms with Crippen LogP contribution in [0.4, 0.5) is 4.39 Å². The fourth-order valence-corrected chi connectivity index (χ4v) is 2.99. The van der Waals surface area contributed by atoms with E-state index in [2.05, 4.69) is 4.98 Å². The number of carbonyl (C=O) groups is 1. The molecule has 2 aromatic carbocycles. The molecule has 3 rings (SSSR count). The lowest BCUT2D eigenvalue weighted by atomic mass is 10.00. The second-order valence-corrected chi connectivity index (χ2v) is 6.45. The van der Waals surface area contributed by atoms with Crippen LogP contribution in [0.5, 0.6) is 5.88 Å². The molecule has 138 valence electrons. The van der Waals surface area contributed by atoms with Crippen molar-refractivity contribution in [3.63, 3.8) is 0 Å². The van der Waals surface area contributed by atoms with Crippen LogP contribution in [0.2, 0.25) is 0 Å². The number of halogens is 1. The number of carbonyl (C=O) groups excluding carboxylic acids is 1. The van der Waals surface area contributed by atoms with Gasteiger partial charge in [0.25, 0.3) is 0 Å². The zero-order valence-electron chi connectivity index (χ0n) is 15.3. The highest BCUT2D eigenvalue weighted by Gasteiger charge is 2.06. The Morgan fingerprint density at radius 2 is 1.74 bits per heavy atom. The van der Waals surface area contributed by atoms with E-state index in [4.69, 9.17) is 4.74 Å². The molecule has 0 atom stereocenters. The highest BCUT2D eigenvalue weighted by molar-refractivity contribution is 5.80. The van der Waals surface area contributed by atoms with Crippen molar-refractivity contribution >= 4 is 5.78 Å². The van der Waals surface area contributed by atoms with Crippen LogP contribution >= 0.6 is 0 Å². The Bertz CT molecular complexity index is 889. The molecular formula is C23H22FNO2. The monoisotopic (exact) mass is 363 g/mol. The van der Waals surface area contributed by atoms with Crippen LogP contribution in [0, 0.1) is 5.82 Å². The van der Waals surface area contributed by atoms with Crippen LogP contribution in [0.15, 0.2) is 66.9 Å². The van der Waals surface area contributed by atoms with Gasteiger partial charge >= 0.3 is 0 Å². The van der Waals surface area contributed by atoms with Gasteiger partial charge in [-0.2, -0.15) is 0 Å². The maximum absolute atomic E-state index is 13.8. The normalized spacial score (nSPS) is 10.6. The lowest BCUT2D eigenvalue weighted by Crippen LogP contribution is -2.04. The van der Waals surface area contributed by atoms with Crippen LogP contribution < -0.4 is 4.74 Å². The van der Waals surface area contributed by atoms with Gasteiger partial charge in [0.15, 0.2) is 0 Å². The second kappa shape index (κ2) is 9.08. The van der Waals surface area contributed by atoms with Gasteiger partial charge in [0.2, 0.25) is 5.88 Å². The van der Waals surface area contributed by atoms with E-state index in [1.807, 2.05) is 36.4 Å². The van der Waals surface area contributed by atoms with Crippen molar-refractivity contribution in [3.8, 4) is 17.0 Å². The second-order valence-electron chi connectivity index (χ2n) is 6.45. The molecule has 0 radical (unpaired) electrons. The molecule has 0 N–H and O–H groups in total. The molecule has 0 aliphatic carbocycles. The summed E-state index contributed by atoms with van der Waals surface area (Å²) in [7, 11) is 1.57. The average Bonchev–Trinajstić information content (AvgIpc) is 2.70. The molecule has 3 nitrogen and oxygen atoms in total. The van der Waals surface area contributed by atoms with E-state index in [-0.39, 0.29) is 11.6 Å². The number of Topliss-reactive ketones (excluding diaryl/α,β-unsaturated/α-hetero) is 1. The van der Waals surface area contributed by atoms with Gasteiger partial charge in [-0.25, -0.2) is 9.37 Å². The number of nitrogens with zero attached hydrogens (tertiary/aromatic N) is 1. The number of aromatic nitrogens is 1. The van der Waals surface area contributed by atoms with E-state index in [0.717, 1.165) is 29.5 Å². The fraction of sp³-hybridized carbons (Fsp3) is 0.217. The SMILES string of the molecule is COc1ccc(CC(=O)CCCc2ccc(-c3ccccc3F)cc2)cn1. The first-order valence-electron chi connectivity index (χ1n) is 9.00. The van der Waals surface area contributed by atoms with Crippen LogP contribution in [-0.2, 0) is 17.6 Å². The third-order valence-electron chi connectivity index (χ3n) is 4.47. The first kappa shape index (κ1) is 18.8. The minimum Gasteiger partial charge on any atom is -0.481 e. The molecule has 1 aromatic heterocycles. The van der Waals surface area contributed by atoms with Crippen molar-refractivity contribution in [1.29, 1.82) is 0 Å². The molecule has 0 saturated heterocycles. The lowest BCUT2D eigenvalue weighted by molar-refractivity contribution is -0.118. The summed E-state index contributed by atoms with van der Waals surface area (Å²) in [6.45, 7) is 0. The fourth-order valence-electron chi connectivity index (χ4n) is 2.99. The Labute approximate surface area is 158 Å². The summed E-state index contributed by atoms with van der Waals surface area (Å²) < 4.78 is 18.9. The quantitative estimate of drug-likeness (QED) is 0.563. The standard InChI is InChI=1S/C23H22FNO2/c1-27-23-14-11-18(16-25-23)15-20(26)6-4-5-17-9-12-19(13-10-17)21-7-2-3-8-22(21)24/h2-3,7-14,16H,4-6,15H2,1H3. The average molecular weight is 363 g/mol. The van der Waals surface area contributed by atoms with Gasteiger partial charge in [0.05, 0.1) is 7.11 Å². The van der Waals surface area contributed by atoms with E-state index < -0.39 is 0 Å². The van der Waals surface area contributed by atoms with E-state index in [1.165, 1.54) is 6.07 Å². The molecule has 0 fully saturated rings. The summed E-state index contributed by atoms with van der Waals surface area (Å²) in [5.74, 6) is 0.527. The molecule has 0 bridgehead atoms. The largest absolute Gasteiger partial charge is 0.481 e. The minimum atomic E-state index is -0.219. The molecule has 1 heterocycles. The highest BCUT2D eigenvalue weighted by atomic mass is 19.1. The van der Waals surface area contributed by atoms with Crippen molar-refractivity contribution in [2.45, 2.75) is 25.7 Å². The summed E-state index contributed by atoms with van der Waals surface area (Å²) in [5.41, 5.74) is 3.51. The highest BCUT2D eigenvalue weighted by Crippen LogP contribution is 2.23. The Morgan fingerprint density at radius 1 is 1.00 bits per heavy atom. The number of methoxy groups -OCH3 is 1. The van der Waals surface area contributed by atoms with Crippen LogP contribution in [0.3, 0.4) is 0 Å². The number of ether oxygens (including phenoxy) is 1. The third-order valence-corrected chi connectivity index (χ3v) is 4.47. The number of benzene rings is 2. The summed E-state index contributed by atoms with van der Waals surface area (Å²) in [6, 6.07) is 18.2. The number of ketones is 1.